The number of nitrogens with zero attached hydrogens (tertiary/aromatic N) is 1. The van der Waals surface area contributed by atoms with Crippen molar-refractivity contribution in [3.63, 3.8) is 0 Å². The summed E-state index contributed by atoms with van der Waals surface area (Å²) >= 11 is 1.48. The predicted octanol–water partition coefficient (Wildman–Crippen LogP) is 1.01. The molecule has 8 heteroatoms. The Bertz CT molecular complexity index is 737. The van der Waals surface area contributed by atoms with E-state index in [0.717, 1.165) is 10.2 Å². The van der Waals surface area contributed by atoms with Crippen molar-refractivity contribution < 1.29 is 13.2 Å². The molecule has 0 unspecified atom stereocenters. The molecule has 0 aliphatic carbocycles. The first-order valence-corrected chi connectivity index (χ1v) is 9.25. The molecular formula is C13H15N3O3S2. The molecule has 1 aromatic carbocycles. The lowest BCUT2D eigenvalue weighted by atomic mass is 10.2. The van der Waals surface area contributed by atoms with Gasteiger partial charge < -0.3 is 10.6 Å². The normalized spacial score (nSPS) is 20.5. The second-order valence-electron chi connectivity index (χ2n) is 5.01. The van der Waals surface area contributed by atoms with Crippen molar-refractivity contribution >= 4 is 42.4 Å². The highest BCUT2D eigenvalue weighted by Gasteiger charge is 2.28. The number of thiazole rings is 1. The predicted molar refractivity (Wildman–Crippen MR) is 83.3 cm³/mol. The zero-order valence-corrected chi connectivity index (χ0v) is 12.8. The number of aromatic nitrogens is 1. The van der Waals surface area contributed by atoms with E-state index in [1.165, 1.54) is 11.3 Å². The number of para-hydroxylation sites is 1. The fourth-order valence-electron chi connectivity index (χ4n) is 2.29. The first-order chi connectivity index (χ1) is 10.0. The summed E-state index contributed by atoms with van der Waals surface area (Å²) in [6.07, 6.45) is 0.495. The molecule has 1 amide bonds. The van der Waals surface area contributed by atoms with Gasteiger partial charge in [0.2, 0.25) is 5.91 Å². The van der Waals surface area contributed by atoms with Crippen LogP contribution in [0.3, 0.4) is 0 Å². The molecule has 0 bridgehead atoms. The average molecular weight is 325 g/mol. The van der Waals surface area contributed by atoms with Crippen LogP contribution in [0, 0.1) is 0 Å². The molecule has 1 aromatic heterocycles. The Morgan fingerprint density at radius 1 is 1.38 bits per heavy atom. The lowest BCUT2D eigenvalue weighted by Crippen LogP contribution is -2.39. The Labute approximate surface area is 126 Å². The molecule has 1 fully saturated rings. The smallest absolute Gasteiger partial charge is 0.239 e. The summed E-state index contributed by atoms with van der Waals surface area (Å²) < 4.78 is 23.7. The highest BCUT2D eigenvalue weighted by atomic mass is 32.2. The molecule has 0 saturated carbocycles. The van der Waals surface area contributed by atoms with Crippen LogP contribution in [-0.4, -0.2) is 43.4 Å². The van der Waals surface area contributed by atoms with Crippen molar-refractivity contribution in [1.29, 1.82) is 0 Å². The molecular weight excluding hydrogens is 310 g/mol. The van der Waals surface area contributed by atoms with Gasteiger partial charge in [-0.3, -0.25) is 4.79 Å². The second kappa shape index (κ2) is 5.61. The average Bonchev–Trinajstić information content (AvgIpc) is 2.99. The number of carbonyl (C=O) groups excluding carboxylic acids is 1. The third kappa shape index (κ3) is 3.51. The highest BCUT2D eigenvalue weighted by molar-refractivity contribution is 7.91. The van der Waals surface area contributed by atoms with Crippen LogP contribution >= 0.6 is 11.3 Å². The van der Waals surface area contributed by atoms with Crippen LogP contribution in [0.2, 0.25) is 0 Å². The van der Waals surface area contributed by atoms with Crippen LogP contribution < -0.4 is 10.6 Å². The van der Waals surface area contributed by atoms with Crippen molar-refractivity contribution in [2.75, 3.05) is 23.4 Å². The van der Waals surface area contributed by atoms with Gasteiger partial charge in [0.1, 0.15) is 0 Å². The molecule has 0 radical (unpaired) electrons. The number of sulfone groups is 1. The highest BCUT2D eigenvalue weighted by Crippen LogP contribution is 2.25. The van der Waals surface area contributed by atoms with Gasteiger partial charge in [-0.15, -0.1) is 0 Å². The van der Waals surface area contributed by atoms with Crippen molar-refractivity contribution in [3.8, 4) is 0 Å². The maximum atomic E-state index is 11.8. The Kier molecular flexibility index (Phi) is 3.81. The van der Waals surface area contributed by atoms with Crippen molar-refractivity contribution in [1.82, 2.24) is 10.3 Å². The summed E-state index contributed by atoms with van der Waals surface area (Å²) in [6, 6.07) is 7.48. The summed E-state index contributed by atoms with van der Waals surface area (Å²) in [5, 5.41) is 6.39. The van der Waals surface area contributed by atoms with Crippen LogP contribution in [0.25, 0.3) is 10.2 Å². The molecule has 1 aliphatic rings. The molecule has 6 nitrogen and oxygen atoms in total. The third-order valence-corrected chi connectivity index (χ3v) is 6.05. The molecule has 21 heavy (non-hydrogen) atoms. The number of nitrogens with one attached hydrogen (secondary N) is 2. The number of anilines is 1. The quantitative estimate of drug-likeness (QED) is 0.876. The van der Waals surface area contributed by atoms with E-state index in [-0.39, 0.29) is 30.0 Å². The molecule has 1 aliphatic heterocycles. The van der Waals surface area contributed by atoms with E-state index in [0.29, 0.717) is 11.6 Å². The summed E-state index contributed by atoms with van der Waals surface area (Å²) in [7, 11) is -2.97. The van der Waals surface area contributed by atoms with E-state index in [1.807, 2.05) is 24.3 Å². The second-order valence-corrected chi connectivity index (χ2v) is 8.27. The van der Waals surface area contributed by atoms with E-state index in [1.54, 1.807) is 0 Å². The van der Waals surface area contributed by atoms with E-state index in [9.17, 15) is 13.2 Å². The minimum atomic E-state index is -2.97. The number of hydrogen-bond donors (Lipinski definition) is 2. The van der Waals surface area contributed by atoms with Gasteiger partial charge in [0.05, 0.1) is 28.3 Å². The first-order valence-electron chi connectivity index (χ1n) is 6.61. The zero-order valence-electron chi connectivity index (χ0n) is 11.2. The van der Waals surface area contributed by atoms with Gasteiger partial charge in [-0.1, -0.05) is 23.5 Å². The monoisotopic (exact) mass is 325 g/mol. The van der Waals surface area contributed by atoms with Gasteiger partial charge >= 0.3 is 0 Å². The Morgan fingerprint density at radius 3 is 2.90 bits per heavy atom. The Balaban J connectivity index is 1.54. The molecule has 0 spiro atoms. The number of benzene rings is 1. The lowest BCUT2D eigenvalue weighted by molar-refractivity contribution is -0.119. The molecule has 1 atom stereocenters. The minimum absolute atomic E-state index is 0.0415. The van der Waals surface area contributed by atoms with Crippen LogP contribution in [0.5, 0.6) is 0 Å². The number of rotatable bonds is 4. The fraction of sp³-hybridized carbons (Fsp3) is 0.385. The standard InChI is InChI=1S/C13H15N3O3S2/c17-12(15-9-5-6-21(18,19)8-9)7-14-13-16-10-3-1-2-4-11(10)20-13/h1-4,9H,5-8H2,(H,14,16)(H,15,17)/t9-/m1/s1. The van der Waals surface area contributed by atoms with Gasteiger partial charge in [-0.05, 0) is 18.6 Å². The van der Waals surface area contributed by atoms with Crippen LogP contribution in [0.4, 0.5) is 5.13 Å². The topological polar surface area (TPSA) is 88.2 Å². The number of amides is 1. The van der Waals surface area contributed by atoms with Gasteiger partial charge in [-0.25, -0.2) is 13.4 Å². The number of hydrogen-bond acceptors (Lipinski definition) is 6. The molecule has 2 N–H and O–H groups in total. The Morgan fingerprint density at radius 2 is 2.19 bits per heavy atom. The van der Waals surface area contributed by atoms with Gasteiger partial charge in [0.15, 0.2) is 15.0 Å². The third-order valence-electron chi connectivity index (χ3n) is 3.29. The fourth-order valence-corrected chi connectivity index (χ4v) is 4.83. The molecule has 2 heterocycles. The van der Waals surface area contributed by atoms with Crippen LogP contribution in [-0.2, 0) is 14.6 Å². The maximum absolute atomic E-state index is 11.8. The van der Waals surface area contributed by atoms with Crippen LogP contribution in [0.15, 0.2) is 24.3 Å². The minimum Gasteiger partial charge on any atom is -0.352 e. The Hall–Kier alpha value is -1.67. The summed E-state index contributed by atoms with van der Waals surface area (Å²) in [5.41, 5.74) is 0.896. The van der Waals surface area contributed by atoms with E-state index in [4.69, 9.17) is 0 Å². The first kappa shape index (κ1) is 14.3. The van der Waals surface area contributed by atoms with Gasteiger partial charge in [-0.2, -0.15) is 0 Å². The van der Waals surface area contributed by atoms with Crippen molar-refractivity contribution in [2.24, 2.45) is 0 Å². The summed E-state index contributed by atoms with van der Waals surface area (Å²) in [6.45, 7) is 0.0936. The molecule has 3 rings (SSSR count). The summed E-state index contributed by atoms with van der Waals surface area (Å²) in [5.74, 6) is -0.0142. The van der Waals surface area contributed by atoms with Gasteiger partial charge in [0, 0.05) is 6.04 Å². The number of fused-ring (bicyclic) bond motifs is 1. The van der Waals surface area contributed by atoms with Crippen molar-refractivity contribution in [3.05, 3.63) is 24.3 Å². The maximum Gasteiger partial charge on any atom is 0.239 e. The van der Waals surface area contributed by atoms with E-state index < -0.39 is 9.84 Å². The molecule has 1 saturated heterocycles. The molecule has 2 aromatic rings. The van der Waals surface area contributed by atoms with E-state index in [2.05, 4.69) is 15.6 Å². The largest absolute Gasteiger partial charge is 0.352 e. The summed E-state index contributed by atoms with van der Waals surface area (Å²) in [4.78, 5) is 16.2. The molecule has 112 valence electrons. The zero-order chi connectivity index (χ0) is 14.9. The van der Waals surface area contributed by atoms with Crippen molar-refractivity contribution in [2.45, 2.75) is 12.5 Å². The van der Waals surface area contributed by atoms with Crippen LogP contribution in [0.1, 0.15) is 6.42 Å². The SMILES string of the molecule is O=C(CNc1nc2ccccc2s1)N[C@@H]1CCS(=O)(=O)C1. The van der Waals surface area contributed by atoms with E-state index >= 15 is 0 Å². The lowest BCUT2D eigenvalue weighted by Gasteiger charge is -2.10. The number of carbonyl (C=O) groups is 1. The van der Waals surface area contributed by atoms with Gasteiger partial charge in [0.25, 0.3) is 0 Å².